The van der Waals surface area contributed by atoms with Crippen molar-refractivity contribution in [2.75, 3.05) is 36.4 Å². The van der Waals surface area contributed by atoms with Crippen LogP contribution in [0.15, 0.2) is 71.9 Å². The topological polar surface area (TPSA) is 109 Å². The van der Waals surface area contributed by atoms with Crippen LogP contribution in [0.3, 0.4) is 0 Å². The zero-order chi connectivity index (χ0) is 27.5. The van der Waals surface area contributed by atoms with Gasteiger partial charge in [-0.15, -0.1) is 0 Å². The average Bonchev–Trinajstić information content (AvgIpc) is 3.80. The van der Waals surface area contributed by atoms with Crippen LogP contribution in [-0.4, -0.2) is 71.2 Å². The SMILES string of the molecule is Cc1cc(Nc2ncc3c(=O)n4c(nc3n2)c2ccccc2n4-c2ncccn2)ccc1N1CCN(C2CC2)CC1. The van der Waals surface area contributed by atoms with Gasteiger partial charge in [-0.2, -0.15) is 9.50 Å². The third kappa shape index (κ3) is 4.08. The van der Waals surface area contributed by atoms with Crippen molar-refractivity contribution in [1.82, 2.24) is 39.0 Å². The van der Waals surface area contributed by atoms with Crippen LogP contribution in [0.5, 0.6) is 0 Å². The largest absolute Gasteiger partial charge is 0.369 e. The van der Waals surface area contributed by atoms with Gasteiger partial charge in [0.2, 0.25) is 11.9 Å². The first-order chi connectivity index (χ1) is 20.1. The smallest absolute Gasteiger partial charge is 0.284 e. The van der Waals surface area contributed by atoms with Crippen LogP contribution in [0.25, 0.3) is 33.5 Å². The van der Waals surface area contributed by atoms with Gasteiger partial charge in [0.15, 0.2) is 11.3 Å². The maximum Gasteiger partial charge on any atom is 0.284 e. The number of rotatable bonds is 5. The first kappa shape index (κ1) is 23.9. The second-order valence-corrected chi connectivity index (χ2v) is 10.7. The van der Waals surface area contributed by atoms with E-state index in [0.717, 1.165) is 48.8 Å². The Balaban J connectivity index is 1.13. The molecule has 2 aliphatic rings. The maximum atomic E-state index is 13.8. The first-order valence-corrected chi connectivity index (χ1v) is 14.0. The standard InChI is InChI=1S/C30H28N10O/c1-19-17-20(7-10-24(19)38-15-13-37(14-16-38)21-8-9-21)34-29-33-18-23-26(36-29)35-27-22-5-2-3-6-25(22)39(40(27)28(23)41)30-31-11-4-12-32-30/h2-7,10-12,17-18,21H,8-9,13-16H2,1H3,(H,33,34,36). The van der Waals surface area contributed by atoms with Gasteiger partial charge in [0.05, 0.1) is 5.52 Å². The Kier molecular flexibility index (Phi) is 5.46. The Labute approximate surface area is 235 Å². The van der Waals surface area contributed by atoms with Crippen molar-refractivity contribution in [3.8, 4) is 5.95 Å². The number of fused-ring (bicyclic) bond motifs is 4. The highest BCUT2D eigenvalue weighted by Gasteiger charge is 2.31. The van der Waals surface area contributed by atoms with Crippen molar-refractivity contribution in [3.05, 3.63) is 83.0 Å². The summed E-state index contributed by atoms with van der Waals surface area (Å²) in [6, 6.07) is 16.6. The number of benzene rings is 2. The van der Waals surface area contributed by atoms with Gasteiger partial charge in [-0.3, -0.25) is 9.69 Å². The predicted octanol–water partition coefficient (Wildman–Crippen LogP) is 3.71. The average molecular weight is 545 g/mol. The summed E-state index contributed by atoms with van der Waals surface area (Å²) >= 11 is 0. The van der Waals surface area contributed by atoms with E-state index in [9.17, 15) is 4.79 Å². The molecule has 0 bridgehead atoms. The van der Waals surface area contributed by atoms with Gasteiger partial charge in [0, 0.05) is 67.6 Å². The zero-order valence-corrected chi connectivity index (χ0v) is 22.6. The van der Waals surface area contributed by atoms with E-state index < -0.39 is 0 Å². The Bertz CT molecular complexity index is 1990. The fourth-order valence-corrected chi connectivity index (χ4v) is 5.92. The summed E-state index contributed by atoms with van der Waals surface area (Å²) in [7, 11) is 0. The van der Waals surface area contributed by atoms with E-state index in [1.165, 1.54) is 34.8 Å². The van der Waals surface area contributed by atoms with Gasteiger partial charge < -0.3 is 10.2 Å². The normalized spacial score (nSPS) is 16.2. The number of hydrogen-bond acceptors (Lipinski definition) is 9. The van der Waals surface area contributed by atoms with Gasteiger partial charge in [-0.25, -0.2) is 24.6 Å². The molecule has 4 aromatic heterocycles. The van der Waals surface area contributed by atoms with Gasteiger partial charge in [-0.1, -0.05) is 12.1 Å². The molecule has 0 spiro atoms. The molecule has 1 saturated carbocycles. The predicted molar refractivity (Wildman–Crippen MR) is 158 cm³/mol. The van der Waals surface area contributed by atoms with Crippen LogP contribution < -0.4 is 15.8 Å². The molecule has 1 N–H and O–H groups in total. The van der Waals surface area contributed by atoms with Crippen molar-refractivity contribution in [2.24, 2.45) is 0 Å². The second kappa shape index (κ2) is 9.34. The Morgan fingerprint density at radius 1 is 0.878 bits per heavy atom. The number of aromatic nitrogens is 7. The molecule has 0 amide bonds. The summed E-state index contributed by atoms with van der Waals surface area (Å²) in [6.07, 6.45) is 7.54. The number of anilines is 3. The fourth-order valence-electron chi connectivity index (χ4n) is 5.92. The lowest BCUT2D eigenvalue weighted by Crippen LogP contribution is -2.47. The summed E-state index contributed by atoms with van der Waals surface area (Å²) in [5.74, 6) is 0.763. The Morgan fingerprint density at radius 2 is 1.68 bits per heavy atom. The van der Waals surface area contributed by atoms with Gasteiger partial charge in [0.1, 0.15) is 5.39 Å². The third-order valence-corrected chi connectivity index (χ3v) is 8.09. The van der Waals surface area contributed by atoms with E-state index in [1.807, 2.05) is 24.3 Å². The number of hydrogen-bond donors (Lipinski definition) is 1. The number of piperazine rings is 1. The summed E-state index contributed by atoms with van der Waals surface area (Å²) in [4.78, 5) is 41.5. The van der Waals surface area contributed by atoms with Crippen molar-refractivity contribution in [3.63, 3.8) is 0 Å². The number of nitrogens with one attached hydrogen (secondary N) is 1. The lowest BCUT2D eigenvalue weighted by molar-refractivity contribution is 0.248. The van der Waals surface area contributed by atoms with E-state index in [1.54, 1.807) is 23.1 Å². The highest BCUT2D eigenvalue weighted by atomic mass is 16.1. The number of para-hydroxylation sites is 1. The van der Waals surface area contributed by atoms with Crippen molar-refractivity contribution in [2.45, 2.75) is 25.8 Å². The minimum Gasteiger partial charge on any atom is -0.369 e. The van der Waals surface area contributed by atoms with Crippen LogP contribution in [0.1, 0.15) is 18.4 Å². The molecule has 8 rings (SSSR count). The van der Waals surface area contributed by atoms with E-state index in [2.05, 4.69) is 60.2 Å². The van der Waals surface area contributed by atoms with Crippen molar-refractivity contribution in [1.29, 1.82) is 0 Å². The quantitative estimate of drug-likeness (QED) is 0.347. The monoisotopic (exact) mass is 544 g/mol. The fraction of sp³-hybridized carbons (Fsp3) is 0.267. The van der Waals surface area contributed by atoms with Crippen LogP contribution in [0.2, 0.25) is 0 Å². The van der Waals surface area contributed by atoms with Crippen molar-refractivity contribution >= 4 is 44.9 Å². The lowest BCUT2D eigenvalue weighted by Gasteiger charge is -2.37. The molecule has 11 heteroatoms. The lowest BCUT2D eigenvalue weighted by atomic mass is 10.1. The molecule has 0 unspecified atom stereocenters. The highest BCUT2D eigenvalue weighted by Crippen LogP contribution is 2.30. The molecule has 0 atom stereocenters. The number of aryl methyl sites for hydroxylation is 1. The van der Waals surface area contributed by atoms with Crippen LogP contribution in [0, 0.1) is 6.92 Å². The van der Waals surface area contributed by atoms with Crippen LogP contribution in [0.4, 0.5) is 17.3 Å². The summed E-state index contributed by atoms with van der Waals surface area (Å²) in [5, 5.41) is 4.42. The highest BCUT2D eigenvalue weighted by molar-refractivity contribution is 5.95. The molecule has 1 aliphatic heterocycles. The van der Waals surface area contributed by atoms with Crippen LogP contribution >= 0.6 is 0 Å². The van der Waals surface area contributed by atoms with Crippen molar-refractivity contribution < 1.29 is 0 Å². The molecule has 1 aliphatic carbocycles. The molecule has 0 radical (unpaired) electrons. The minimum absolute atomic E-state index is 0.290. The molecular formula is C30H28N10O. The minimum atomic E-state index is -0.290. The van der Waals surface area contributed by atoms with Gasteiger partial charge in [0.25, 0.3) is 5.56 Å². The van der Waals surface area contributed by atoms with E-state index >= 15 is 0 Å². The molecule has 41 heavy (non-hydrogen) atoms. The molecule has 1 saturated heterocycles. The molecule has 2 aromatic carbocycles. The molecular weight excluding hydrogens is 516 g/mol. The van der Waals surface area contributed by atoms with E-state index in [4.69, 9.17) is 4.98 Å². The third-order valence-electron chi connectivity index (χ3n) is 8.09. The molecule has 11 nitrogen and oxygen atoms in total. The molecule has 204 valence electrons. The maximum absolute atomic E-state index is 13.8. The number of nitrogens with zero attached hydrogens (tertiary/aromatic N) is 9. The van der Waals surface area contributed by atoms with E-state index in [0.29, 0.717) is 28.6 Å². The second-order valence-electron chi connectivity index (χ2n) is 10.7. The van der Waals surface area contributed by atoms with Crippen LogP contribution in [-0.2, 0) is 0 Å². The van der Waals surface area contributed by atoms with Gasteiger partial charge >= 0.3 is 0 Å². The Hall–Kier alpha value is -4.90. The first-order valence-electron chi connectivity index (χ1n) is 14.0. The summed E-state index contributed by atoms with van der Waals surface area (Å²) < 4.78 is 3.17. The van der Waals surface area contributed by atoms with Gasteiger partial charge in [-0.05, 0) is 61.7 Å². The molecule has 6 aromatic rings. The Morgan fingerprint density at radius 3 is 2.46 bits per heavy atom. The summed E-state index contributed by atoms with van der Waals surface area (Å²) in [6.45, 7) is 6.51. The zero-order valence-electron chi connectivity index (χ0n) is 22.6. The molecule has 5 heterocycles. The van der Waals surface area contributed by atoms with E-state index in [-0.39, 0.29) is 5.56 Å². The molecule has 2 fully saturated rings. The summed E-state index contributed by atoms with van der Waals surface area (Å²) in [5.41, 5.74) is 4.64.